The SMILES string of the molecule is CCC(NC(=O)[C@@H]1CCC[C@@H]1CN)C1CCOCC1. The first-order chi connectivity index (χ1) is 9.26. The van der Waals surface area contributed by atoms with Gasteiger partial charge < -0.3 is 15.8 Å². The Bertz CT molecular complexity index is 290. The summed E-state index contributed by atoms with van der Waals surface area (Å²) in [5.41, 5.74) is 5.77. The fraction of sp³-hybridized carbons (Fsp3) is 0.933. The molecule has 0 radical (unpaired) electrons. The van der Waals surface area contributed by atoms with E-state index in [0.29, 0.717) is 24.4 Å². The zero-order valence-corrected chi connectivity index (χ0v) is 12.1. The third-order valence-electron chi connectivity index (χ3n) is 4.90. The first-order valence-electron chi connectivity index (χ1n) is 7.84. The number of carbonyl (C=O) groups excluding carboxylic acids is 1. The molecule has 0 spiro atoms. The van der Waals surface area contributed by atoms with E-state index in [2.05, 4.69) is 12.2 Å². The van der Waals surface area contributed by atoms with Crippen molar-refractivity contribution in [2.45, 2.75) is 51.5 Å². The molecule has 3 atom stereocenters. The lowest BCUT2D eigenvalue weighted by Gasteiger charge is -2.31. The van der Waals surface area contributed by atoms with Crippen molar-refractivity contribution in [1.82, 2.24) is 5.32 Å². The van der Waals surface area contributed by atoms with Gasteiger partial charge in [-0.3, -0.25) is 4.79 Å². The van der Waals surface area contributed by atoms with E-state index < -0.39 is 0 Å². The van der Waals surface area contributed by atoms with Crippen LogP contribution in [-0.4, -0.2) is 31.7 Å². The molecule has 1 heterocycles. The van der Waals surface area contributed by atoms with Gasteiger partial charge in [-0.1, -0.05) is 13.3 Å². The highest BCUT2D eigenvalue weighted by atomic mass is 16.5. The fourth-order valence-electron chi connectivity index (χ4n) is 3.63. The Morgan fingerprint density at radius 2 is 2.05 bits per heavy atom. The van der Waals surface area contributed by atoms with Crippen molar-refractivity contribution < 1.29 is 9.53 Å². The molecule has 1 unspecified atom stereocenters. The van der Waals surface area contributed by atoms with E-state index in [9.17, 15) is 4.79 Å². The lowest BCUT2D eigenvalue weighted by Crippen LogP contribution is -2.45. The van der Waals surface area contributed by atoms with Gasteiger partial charge in [0.05, 0.1) is 0 Å². The predicted octanol–water partition coefficient (Wildman–Crippen LogP) is 1.68. The van der Waals surface area contributed by atoms with Crippen LogP contribution in [0.25, 0.3) is 0 Å². The molecule has 4 nitrogen and oxygen atoms in total. The molecule has 110 valence electrons. The van der Waals surface area contributed by atoms with Gasteiger partial charge in [0.15, 0.2) is 0 Å². The van der Waals surface area contributed by atoms with Crippen LogP contribution in [-0.2, 0) is 9.53 Å². The van der Waals surface area contributed by atoms with Crippen LogP contribution in [0, 0.1) is 17.8 Å². The summed E-state index contributed by atoms with van der Waals surface area (Å²) >= 11 is 0. The zero-order valence-electron chi connectivity index (χ0n) is 12.1. The summed E-state index contributed by atoms with van der Waals surface area (Å²) in [4.78, 5) is 12.4. The van der Waals surface area contributed by atoms with Crippen molar-refractivity contribution in [3.05, 3.63) is 0 Å². The highest BCUT2D eigenvalue weighted by Crippen LogP contribution is 2.31. The molecule has 0 bridgehead atoms. The molecule has 2 aliphatic rings. The maximum Gasteiger partial charge on any atom is 0.223 e. The highest BCUT2D eigenvalue weighted by molar-refractivity contribution is 5.79. The van der Waals surface area contributed by atoms with Gasteiger partial charge in [0.2, 0.25) is 5.91 Å². The van der Waals surface area contributed by atoms with Gasteiger partial charge in [0.25, 0.3) is 0 Å². The van der Waals surface area contributed by atoms with Gasteiger partial charge in [-0.2, -0.15) is 0 Å². The molecule has 2 rings (SSSR count). The van der Waals surface area contributed by atoms with Crippen LogP contribution >= 0.6 is 0 Å². The topological polar surface area (TPSA) is 64.4 Å². The van der Waals surface area contributed by atoms with E-state index in [-0.39, 0.29) is 11.8 Å². The summed E-state index contributed by atoms with van der Waals surface area (Å²) in [6.45, 7) is 4.49. The maximum absolute atomic E-state index is 12.4. The molecule has 1 aliphatic carbocycles. The first kappa shape index (κ1) is 14.8. The summed E-state index contributed by atoms with van der Waals surface area (Å²) in [5, 5.41) is 3.29. The molecule has 0 aromatic carbocycles. The van der Waals surface area contributed by atoms with Crippen LogP contribution in [0.3, 0.4) is 0 Å². The second-order valence-corrected chi connectivity index (χ2v) is 6.01. The molecule has 1 saturated carbocycles. The van der Waals surface area contributed by atoms with Crippen molar-refractivity contribution in [3.8, 4) is 0 Å². The third kappa shape index (κ3) is 3.69. The van der Waals surface area contributed by atoms with Gasteiger partial charge in [0.1, 0.15) is 0 Å². The second kappa shape index (κ2) is 7.25. The quantitative estimate of drug-likeness (QED) is 0.797. The van der Waals surface area contributed by atoms with Gasteiger partial charge in [0, 0.05) is 25.2 Å². The summed E-state index contributed by atoms with van der Waals surface area (Å²) in [5.74, 6) is 1.37. The Morgan fingerprint density at radius 1 is 1.32 bits per heavy atom. The summed E-state index contributed by atoms with van der Waals surface area (Å²) in [6.07, 6.45) is 6.43. The van der Waals surface area contributed by atoms with E-state index in [1.807, 2.05) is 0 Å². The number of hydrogen-bond acceptors (Lipinski definition) is 3. The van der Waals surface area contributed by atoms with Crippen LogP contribution in [0.1, 0.15) is 45.4 Å². The van der Waals surface area contributed by atoms with E-state index in [0.717, 1.165) is 51.7 Å². The number of ether oxygens (including phenoxy) is 1. The maximum atomic E-state index is 12.4. The van der Waals surface area contributed by atoms with Gasteiger partial charge in [-0.15, -0.1) is 0 Å². The molecule has 2 fully saturated rings. The van der Waals surface area contributed by atoms with Crippen molar-refractivity contribution in [2.75, 3.05) is 19.8 Å². The van der Waals surface area contributed by atoms with Gasteiger partial charge in [-0.05, 0) is 50.5 Å². The van der Waals surface area contributed by atoms with E-state index in [1.165, 1.54) is 0 Å². The normalized spacial score (nSPS) is 30.2. The molecule has 1 amide bonds. The Morgan fingerprint density at radius 3 is 2.68 bits per heavy atom. The Hall–Kier alpha value is -0.610. The van der Waals surface area contributed by atoms with Crippen molar-refractivity contribution in [3.63, 3.8) is 0 Å². The molecule has 1 saturated heterocycles. The largest absolute Gasteiger partial charge is 0.381 e. The minimum Gasteiger partial charge on any atom is -0.381 e. The lowest BCUT2D eigenvalue weighted by atomic mass is 9.88. The highest BCUT2D eigenvalue weighted by Gasteiger charge is 2.34. The number of nitrogens with one attached hydrogen (secondary N) is 1. The van der Waals surface area contributed by atoms with Crippen molar-refractivity contribution >= 4 is 5.91 Å². The Balaban J connectivity index is 1.88. The minimum atomic E-state index is 0.152. The van der Waals surface area contributed by atoms with Crippen LogP contribution in [0.15, 0.2) is 0 Å². The molecule has 4 heteroatoms. The summed E-state index contributed by atoms with van der Waals surface area (Å²) < 4.78 is 5.40. The first-order valence-corrected chi connectivity index (χ1v) is 7.84. The monoisotopic (exact) mass is 268 g/mol. The van der Waals surface area contributed by atoms with Gasteiger partial charge >= 0.3 is 0 Å². The van der Waals surface area contributed by atoms with Gasteiger partial charge in [-0.25, -0.2) is 0 Å². The number of hydrogen-bond donors (Lipinski definition) is 2. The van der Waals surface area contributed by atoms with Crippen LogP contribution in [0.5, 0.6) is 0 Å². The molecule has 0 aromatic rings. The lowest BCUT2D eigenvalue weighted by molar-refractivity contribution is -0.127. The van der Waals surface area contributed by atoms with E-state index >= 15 is 0 Å². The van der Waals surface area contributed by atoms with Crippen molar-refractivity contribution in [1.29, 1.82) is 0 Å². The smallest absolute Gasteiger partial charge is 0.223 e. The Labute approximate surface area is 116 Å². The molecule has 19 heavy (non-hydrogen) atoms. The number of carbonyl (C=O) groups is 1. The fourth-order valence-corrected chi connectivity index (χ4v) is 3.63. The number of amides is 1. The van der Waals surface area contributed by atoms with E-state index in [4.69, 9.17) is 10.5 Å². The molecule has 1 aliphatic heterocycles. The number of rotatable bonds is 5. The molecule has 0 aromatic heterocycles. The minimum absolute atomic E-state index is 0.152. The van der Waals surface area contributed by atoms with Crippen LogP contribution < -0.4 is 11.1 Å². The number of nitrogens with two attached hydrogens (primary N) is 1. The predicted molar refractivity (Wildman–Crippen MR) is 75.7 cm³/mol. The molecule has 3 N–H and O–H groups in total. The zero-order chi connectivity index (χ0) is 13.7. The molecular weight excluding hydrogens is 240 g/mol. The molecular formula is C15H28N2O2. The average Bonchev–Trinajstić information content (AvgIpc) is 2.94. The second-order valence-electron chi connectivity index (χ2n) is 6.01. The van der Waals surface area contributed by atoms with Crippen molar-refractivity contribution in [2.24, 2.45) is 23.5 Å². The third-order valence-corrected chi connectivity index (χ3v) is 4.90. The summed E-state index contributed by atoms with van der Waals surface area (Å²) in [7, 11) is 0. The van der Waals surface area contributed by atoms with Crippen LogP contribution in [0.4, 0.5) is 0 Å². The standard InChI is InChI=1S/C15H28N2O2/c1-2-14(11-6-8-19-9-7-11)17-15(18)13-5-3-4-12(13)10-16/h11-14H,2-10,16H2,1H3,(H,17,18)/t12-,13-,14?/m1/s1. The Kier molecular flexibility index (Phi) is 5.64. The summed E-state index contributed by atoms with van der Waals surface area (Å²) in [6, 6.07) is 0.315. The average molecular weight is 268 g/mol. The van der Waals surface area contributed by atoms with Crippen LogP contribution in [0.2, 0.25) is 0 Å². The van der Waals surface area contributed by atoms with E-state index in [1.54, 1.807) is 0 Å².